The summed E-state index contributed by atoms with van der Waals surface area (Å²) in [6, 6.07) is 11.6. The van der Waals surface area contributed by atoms with Crippen LogP contribution in [0.2, 0.25) is 5.15 Å². The Morgan fingerprint density at radius 1 is 1.00 bits per heavy atom. The predicted octanol–water partition coefficient (Wildman–Crippen LogP) is 3.63. The Morgan fingerprint density at radius 2 is 1.64 bits per heavy atom. The summed E-state index contributed by atoms with van der Waals surface area (Å²) in [6.45, 7) is 0.205. The Kier molecular flexibility index (Phi) is 3.98. The fourth-order valence-electron chi connectivity index (χ4n) is 3.28. The highest BCUT2D eigenvalue weighted by Gasteiger charge is 2.45. The van der Waals surface area contributed by atoms with Gasteiger partial charge in [-0.2, -0.15) is 0 Å². The number of hydrogen-bond acceptors (Lipinski definition) is 3. The van der Waals surface area contributed by atoms with Crippen LogP contribution in [0.3, 0.4) is 0 Å². The molecule has 25 heavy (non-hydrogen) atoms. The summed E-state index contributed by atoms with van der Waals surface area (Å²) in [7, 11) is 0. The van der Waals surface area contributed by atoms with Crippen molar-refractivity contribution in [1.29, 1.82) is 0 Å². The van der Waals surface area contributed by atoms with Crippen molar-refractivity contribution >= 4 is 23.4 Å². The Hall–Kier alpha value is -2.72. The van der Waals surface area contributed by atoms with Gasteiger partial charge in [0.05, 0.1) is 18.4 Å². The van der Waals surface area contributed by atoms with Crippen LogP contribution in [0.5, 0.6) is 0 Å². The molecule has 2 amide bonds. The minimum atomic E-state index is -0.383. The lowest BCUT2D eigenvalue weighted by Crippen LogP contribution is -2.30. The van der Waals surface area contributed by atoms with Gasteiger partial charge >= 0.3 is 0 Å². The lowest BCUT2D eigenvalue weighted by atomic mass is 9.91. The van der Waals surface area contributed by atoms with E-state index in [2.05, 4.69) is 4.98 Å². The second kappa shape index (κ2) is 6.30. The van der Waals surface area contributed by atoms with Gasteiger partial charge in [0, 0.05) is 11.8 Å². The summed E-state index contributed by atoms with van der Waals surface area (Å²) < 4.78 is 0. The van der Waals surface area contributed by atoms with Crippen LogP contribution in [0, 0.1) is 11.8 Å². The van der Waals surface area contributed by atoms with Gasteiger partial charge in [0.1, 0.15) is 5.15 Å². The Morgan fingerprint density at radius 3 is 2.28 bits per heavy atom. The molecule has 0 bridgehead atoms. The SMILES string of the molecule is O=C1C2C=CC=CC2C(=O)N1Cc1cnc(Cl)c(-c2ccccc2)c1. The molecule has 4 rings (SSSR count). The maximum atomic E-state index is 12.5. The minimum absolute atomic E-state index is 0.160. The van der Waals surface area contributed by atoms with Crippen LogP contribution in [0.4, 0.5) is 0 Å². The molecular formula is C20H15ClN2O2. The molecule has 2 aliphatic rings. The molecule has 1 aromatic carbocycles. The Balaban J connectivity index is 1.64. The van der Waals surface area contributed by atoms with Crippen molar-refractivity contribution in [2.75, 3.05) is 0 Å². The molecular weight excluding hydrogens is 336 g/mol. The number of amides is 2. The zero-order chi connectivity index (χ0) is 17.4. The molecule has 0 N–H and O–H groups in total. The molecule has 1 aliphatic carbocycles. The number of hydrogen-bond donors (Lipinski definition) is 0. The van der Waals surface area contributed by atoms with Gasteiger partial charge in [-0.25, -0.2) is 4.98 Å². The number of halogens is 1. The lowest BCUT2D eigenvalue weighted by molar-refractivity contribution is -0.140. The fraction of sp³-hybridized carbons (Fsp3) is 0.150. The van der Waals surface area contributed by atoms with Crippen LogP contribution < -0.4 is 0 Å². The first kappa shape index (κ1) is 15.8. The number of benzene rings is 1. The normalized spacial score (nSPS) is 21.7. The molecule has 1 fully saturated rings. The number of allylic oxidation sites excluding steroid dienone is 2. The number of likely N-dealkylation sites (tertiary alicyclic amines) is 1. The number of nitrogens with zero attached hydrogens (tertiary/aromatic N) is 2. The van der Waals surface area contributed by atoms with Gasteiger partial charge in [-0.05, 0) is 17.2 Å². The third kappa shape index (κ3) is 2.79. The molecule has 2 aromatic rings. The van der Waals surface area contributed by atoms with Crippen molar-refractivity contribution in [3.63, 3.8) is 0 Å². The fourth-order valence-corrected chi connectivity index (χ4v) is 3.50. The zero-order valence-corrected chi connectivity index (χ0v) is 14.1. The molecule has 0 spiro atoms. The molecule has 1 aromatic heterocycles. The van der Waals surface area contributed by atoms with Gasteiger partial charge in [0.15, 0.2) is 0 Å². The summed E-state index contributed by atoms with van der Waals surface area (Å²) in [6.07, 6.45) is 8.82. The molecule has 0 saturated carbocycles. The molecule has 1 aliphatic heterocycles. The second-order valence-electron chi connectivity index (χ2n) is 6.13. The minimum Gasteiger partial charge on any atom is -0.277 e. The molecule has 5 heteroatoms. The maximum Gasteiger partial charge on any atom is 0.237 e. The van der Waals surface area contributed by atoms with E-state index in [4.69, 9.17) is 11.6 Å². The zero-order valence-electron chi connectivity index (χ0n) is 13.3. The number of fused-ring (bicyclic) bond motifs is 1. The number of imide groups is 1. The van der Waals surface area contributed by atoms with E-state index in [1.54, 1.807) is 18.3 Å². The standard InChI is InChI=1S/C20H15ClN2O2/c21-18-17(14-6-2-1-3-7-14)10-13(11-22-18)12-23-19(24)15-8-4-5-9-16(15)20(23)25/h1-11,15-16H,12H2. The van der Waals surface area contributed by atoms with Crippen molar-refractivity contribution in [2.24, 2.45) is 11.8 Å². The molecule has 2 heterocycles. The average molecular weight is 351 g/mol. The number of aromatic nitrogens is 1. The lowest BCUT2D eigenvalue weighted by Gasteiger charge is -2.15. The first-order chi connectivity index (χ1) is 12.1. The van der Waals surface area contributed by atoms with E-state index in [1.165, 1.54) is 4.90 Å². The van der Waals surface area contributed by atoms with Gasteiger partial charge in [0.2, 0.25) is 11.8 Å². The van der Waals surface area contributed by atoms with Crippen molar-refractivity contribution in [3.8, 4) is 11.1 Å². The molecule has 2 unspecified atom stereocenters. The largest absolute Gasteiger partial charge is 0.277 e. The van der Waals surface area contributed by atoms with Crippen molar-refractivity contribution < 1.29 is 9.59 Å². The van der Waals surface area contributed by atoms with Gasteiger partial charge in [-0.1, -0.05) is 66.2 Å². The highest BCUT2D eigenvalue weighted by molar-refractivity contribution is 6.32. The topological polar surface area (TPSA) is 50.3 Å². The van der Waals surface area contributed by atoms with Gasteiger partial charge in [-0.15, -0.1) is 0 Å². The Bertz CT molecular complexity index is 875. The van der Waals surface area contributed by atoms with Gasteiger partial charge in [0.25, 0.3) is 0 Å². The summed E-state index contributed by atoms with van der Waals surface area (Å²) in [4.78, 5) is 30.6. The van der Waals surface area contributed by atoms with Crippen molar-refractivity contribution in [1.82, 2.24) is 9.88 Å². The number of carbonyl (C=O) groups excluding carboxylic acids is 2. The number of pyridine rings is 1. The van der Waals surface area contributed by atoms with E-state index >= 15 is 0 Å². The highest BCUT2D eigenvalue weighted by Crippen LogP contribution is 2.33. The van der Waals surface area contributed by atoms with E-state index in [9.17, 15) is 9.59 Å². The number of rotatable bonds is 3. The summed E-state index contributed by atoms with van der Waals surface area (Å²) in [5, 5.41) is 0.397. The van der Waals surface area contributed by atoms with Crippen molar-refractivity contribution in [3.05, 3.63) is 77.6 Å². The highest BCUT2D eigenvalue weighted by atomic mass is 35.5. The quantitative estimate of drug-likeness (QED) is 0.627. The first-order valence-corrected chi connectivity index (χ1v) is 8.43. The second-order valence-corrected chi connectivity index (χ2v) is 6.49. The molecule has 0 radical (unpaired) electrons. The van der Waals surface area contributed by atoms with Crippen LogP contribution in [-0.4, -0.2) is 21.7 Å². The number of carbonyl (C=O) groups is 2. The molecule has 2 atom stereocenters. The van der Waals surface area contributed by atoms with E-state index in [0.717, 1.165) is 16.7 Å². The summed E-state index contributed by atoms with van der Waals surface area (Å²) in [5.74, 6) is -1.09. The van der Waals surface area contributed by atoms with Crippen LogP contribution in [-0.2, 0) is 16.1 Å². The third-order valence-corrected chi connectivity index (χ3v) is 4.86. The van der Waals surface area contributed by atoms with Crippen molar-refractivity contribution in [2.45, 2.75) is 6.54 Å². The van der Waals surface area contributed by atoms with E-state index in [-0.39, 0.29) is 30.2 Å². The predicted molar refractivity (Wildman–Crippen MR) is 95.5 cm³/mol. The monoisotopic (exact) mass is 350 g/mol. The summed E-state index contributed by atoms with van der Waals surface area (Å²) >= 11 is 6.23. The summed E-state index contributed by atoms with van der Waals surface area (Å²) in [5.41, 5.74) is 2.51. The molecule has 4 nitrogen and oxygen atoms in total. The Labute approximate surface area is 150 Å². The van der Waals surface area contributed by atoms with Crippen LogP contribution >= 0.6 is 11.6 Å². The maximum absolute atomic E-state index is 12.5. The van der Waals surface area contributed by atoms with E-state index in [1.807, 2.05) is 48.6 Å². The van der Waals surface area contributed by atoms with Crippen LogP contribution in [0.15, 0.2) is 66.9 Å². The molecule has 1 saturated heterocycles. The van der Waals surface area contributed by atoms with Crippen LogP contribution in [0.25, 0.3) is 11.1 Å². The average Bonchev–Trinajstić information content (AvgIpc) is 2.89. The van der Waals surface area contributed by atoms with Gasteiger partial charge < -0.3 is 0 Å². The smallest absolute Gasteiger partial charge is 0.237 e. The van der Waals surface area contributed by atoms with E-state index in [0.29, 0.717) is 5.15 Å². The molecule has 124 valence electrons. The first-order valence-electron chi connectivity index (χ1n) is 8.05. The third-order valence-electron chi connectivity index (χ3n) is 4.56. The van der Waals surface area contributed by atoms with Gasteiger partial charge in [-0.3, -0.25) is 14.5 Å². The van der Waals surface area contributed by atoms with Crippen LogP contribution in [0.1, 0.15) is 5.56 Å². The van der Waals surface area contributed by atoms with E-state index < -0.39 is 0 Å².